The number of nitrogens with zero attached hydrogens (tertiary/aromatic N) is 3. The molecular formula is C15H24N6O2. The molecule has 1 unspecified atom stereocenters. The minimum absolute atomic E-state index is 0.204. The minimum atomic E-state index is -0.204. The van der Waals surface area contributed by atoms with E-state index in [2.05, 4.69) is 27.2 Å². The normalized spacial score (nSPS) is 17.9. The molecule has 0 aromatic carbocycles. The number of H-pyrrole nitrogens is 1. The first-order valence-corrected chi connectivity index (χ1v) is 8.30. The largest absolute Gasteiger partial charge is 0.382 e. The quantitative estimate of drug-likeness (QED) is 0.666. The number of aromatic nitrogens is 4. The van der Waals surface area contributed by atoms with Crippen molar-refractivity contribution in [1.82, 2.24) is 19.5 Å². The van der Waals surface area contributed by atoms with E-state index in [1.807, 2.05) is 0 Å². The molecule has 0 spiro atoms. The van der Waals surface area contributed by atoms with Crippen molar-refractivity contribution in [3.8, 4) is 0 Å². The van der Waals surface area contributed by atoms with Crippen LogP contribution in [0.4, 0.5) is 11.8 Å². The van der Waals surface area contributed by atoms with Crippen LogP contribution in [0.2, 0.25) is 0 Å². The van der Waals surface area contributed by atoms with Crippen LogP contribution in [0.5, 0.6) is 0 Å². The van der Waals surface area contributed by atoms with E-state index in [1.54, 1.807) is 4.57 Å². The molecule has 1 aliphatic heterocycles. The zero-order valence-electron chi connectivity index (χ0n) is 13.5. The molecule has 23 heavy (non-hydrogen) atoms. The third kappa shape index (κ3) is 3.47. The third-order valence-corrected chi connectivity index (χ3v) is 4.16. The van der Waals surface area contributed by atoms with E-state index < -0.39 is 0 Å². The van der Waals surface area contributed by atoms with Crippen molar-refractivity contribution in [3.63, 3.8) is 0 Å². The van der Waals surface area contributed by atoms with Crippen molar-refractivity contribution < 1.29 is 4.74 Å². The molecule has 1 atom stereocenters. The monoisotopic (exact) mass is 320 g/mol. The fraction of sp³-hybridized carbons (Fsp3) is 0.667. The first-order valence-electron chi connectivity index (χ1n) is 8.30. The van der Waals surface area contributed by atoms with Crippen LogP contribution in [-0.4, -0.2) is 38.8 Å². The second-order valence-electron chi connectivity index (χ2n) is 5.92. The van der Waals surface area contributed by atoms with Gasteiger partial charge >= 0.3 is 5.69 Å². The number of unbranched alkanes of at least 4 members (excludes halogenated alkanes) is 1. The average Bonchev–Trinajstić information content (AvgIpc) is 3.14. The van der Waals surface area contributed by atoms with E-state index in [1.165, 1.54) is 0 Å². The summed E-state index contributed by atoms with van der Waals surface area (Å²) in [5.74, 6) is 0.760. The van der Waals surface area contributed by atoms with Gasteiger partial charge in [0.05, 0.1) is 6.10 Å². The number of rotatable bonds is 7. The van der Waals surface area contributed by atoms with Crippen molar-refractivity contribution in [3.05, 3.63) is 10.5 Å². The average molecular weight is 320 g/mol. The summed E-state index contributed by atoms with van der Waals surface area (Å²) in [4.78, 5) is 23.6. The van der Waals surface area contributed by atoms with Crippen LogP contribution >= 0.6 is 0 Å². The predicted octanol–water partition coefficient (Wildman–Crippen LogP) is 1.48. The van der Waals surface area contributed by atoms with Crippen molar-refractivity contribution in [2.24, 2.45) is 0 Å². The van der Waals surface area contributed by atoms with Gasteiger partial charge in [-0.15, -0.1) is 0 Å². The Morgan fingerprint density at radius 2 is 2.35 bits per heavy atom. The molecular weight excluding hydrogens is 296 g/mol. The zero-order chi connectivity index (χ0) is 16.2. The lowest BCUT2D eigenvalue weighted by Crippen LogP contribution is -2.20. The number of ether oxygens (including phenoxy) is 1. The van der Waals surface area contributed by atoms with Gasteiger partial charge in [0.15, 0.2) is 11.5 Å². The van der Waals surface area contributed by atoms with Gasteiger partial charge in [0.25, 0.3) is 0 Å². The molecule has 1 aliphatic rings. The second kappa shape index (κ2) is 6.99. The Labute approximate surface area is 134 Å². The first-order chi connectivity index (χ1) is 11.2. The summed E-state index contributed by atoms with van der Waals surface area (Å²) in [6.45, 7) is 4.28. The molecule has 0 radical (unpaired) electrons. The fourth-order valence-corrected chi connectivity index (χ4v) is 2.86. The predicted molar refractivity (Wildman–Crippen MR) is 89.5 cm³/mol. The Hall–Kier alpha value is -2.09. The lowest BCUT2D eigenvalue weighted by Gasteiger charge is -2.10. The number of nitrogen functional groups attached to an aromatic ring is 1. The van der Waals surface area contributed by atoms with Crippen LogP contribution in [0.15, 0.2) is 4.79 Å². The van der Waals surface area contributed by atoms with Gasteiger partial charge < -0.3 is 20.8 Å². The highest BCUT2D eigenvalue weighted by molar-refractivity contribution is 5.82. The molecule has 0 aliphatic carbocycles. The molecule has 8 nitrogen and oxygen atoms in total. The molecule has 0 bridgehead atoms. The lowest BCUT2D eigenvalue weighted by molar-refractivity contribution is 0.100. The van der Waals surface area contributed by atoms with E-state index >= 15 is 0 Å². The van der Waals surface area contributed by atoms with Crippen LogP contribution in [-0.2, 0) is 11.3 Å². The number of aromatic amines is 1. The van der Waals surface area contributed by atoms with Gasteiger partial charge in [-0.3, -0.25) is 4.57 Å². The SMILES string of the molecule is CCCCNc1nc(N)c2[nH]c(=O)n(CCC3CCCO3)c2n1. The van der Waals surface area contributed by atoms with E-state index in [0.29, 0.717) is 29.5 Å². The highest BCUT2D eigenvalue weighted by atomic mass is 16.5. The molecule has 0 saturated carbocycles. The molecule has 3 heterocycles. The molecule has 4 N–H and O–H groups in total. The standard InChI is InChI=1S/C15H24N6O2/c1-2-3-7-17-14-19-12(16)11-13(20-14)21(15(22)18-11)8-6-10-5-4-9-23-10/h10H,2-9H2,1H3,(H,18,22)(H3,16,17,19,20). The number of hydrogen-bond acceptors (Lipinski definition) is 6. The van der Waals surface area contributed by atoms with Crippen LogP contribution in [0.1, 0.15) is 39.0 Å². The highest BCUT2D eigenvalue weighted by Crippen LogP contribution is 2.19. The van der Waals surface area contributed by atoms with Crippen LogP contribution in [0, 0.1) is 0 Å². The van der Waals surface area contributed by atoms with Gasteiger partial charge in [-0.1, -0.05) is 13.3 Å². The number of hydrogen-bond donors (Lipinski definition) is 3. The number of nitrogens with two attached hydrogens (primary N) is 1. The maximum Gasteiger partial charge on any atom is 0.327 e. The number of aryl methyl sites for hydroxylation is 1. The van der Waals surface area contributed by atoms with Crippen LogP contribution < -0.4 is 16.7 Å². The van der Waals surface area contributed by atoms with E-state index in [0.717, 1.165) is 45.3 Å². The van der Waals surface area contributed by atoms with Gasteiger partial charge in [0, 0.05) is 19.7 Å². The Morgan fingerprint density at radius 3 is 3.09 bits per heavy atom. The Morgan fingerprint density at radius 1 is 1.48 bits per heavy atom. The smallest absolute Gasteiger partial charge is 0.327 e. The molecule has 3 rings (SSSR count). The van der Waals surface area contributed by atoms with Crippen LogP contribution in [0.25, 0.3) is 11.2 Å². The number of fused-ring (bicyclic) bond motifs is 1. The van der Waals surface area contributed by atoms with Crippen molar-refractivity contribution in [2.75, 3.05) is 24.2 Å². The summed E-state index contributed by atoms with van der Waals surface area (Å²) in [6.07, 6.45) is 5.29. The third-order valence-electron chi connectivity index (χ3n) is 4.16. The van der Waals surface area contributed by atoms with Crippen molar-refractivity contribution in [2.45, 2.75) is 51.7 Å². The molecule has 8 heteroatoms. The lowest BCUT2D eigenvalue weighted by atomic mass is 10.2. The number of imidazole rings is 1. The van der Waals surface area contributed by atoms with E-state index in [9.17, 15) is 4.79 Å². The summed E-state index contributed by atoms with van der Waals surface area (Å²) < 4.78 is 7.25. The zero-order valence-corrected chi connectivity index (χ0v) is 13.5. The summed E-state index contributed by atoms with van der Waals surface area (Å²) in [7, 11) is 0. The molecule has 126 valence electrons. The summed E-state index contributed by atoms with van der Waals surface area (Å²) in [6, 6.07) is 0. The Balaban J connectivity index is 1.83. The van der Waals surface area contributed by atoms with E-state index in [4.69, 9.17) is 10.5 Å². The van der Waals surface area contributed by atoms with Crippen LogP contribution in [0.3, 0.4) is 0 Å². The maximum absolute atomic E-state index is 12.2. The van der Waals surface area contributed by atoms with Crippen molar-refractivity contribution >= 4 is 22.9 Å². The van der Waals surface area contributed by atoms with E-state index in [-0.39, 0.29) is 11.8 Å². The van der Waals surface area contributed by atoms with Gasteiger partial charge in [-0.2, -0.15) is 9.97 Å². The van der Waals surface area contributed by atoms with Gasteiger partial charge in [0.1, 0.15) is 5.52 Å². The maximum atomic E-state index is 12.2. The highest BCUT2D eigenvalue weighted by Gasteiger charge is 2.18. The van der Waals surface area contributed by atoms with Crippen molar-refractivity contribution in [1.29, 1.82) is 0 Å². The first kappa shape index (κ1) is 15.8. The molecule has 2 aromatic rings. The Kier molecular flexibility index (Phi) is 4.80. The summed E-state index contributed by atoms with van der Waals surface area (Å²) in [5, 5.41) is 3.16. The number of anilines is 2. The molecule has 1 saturated heterocycles. The second-order valence-corrected chi connectivity index (χ2v) is 5.92. The van der Waals surface area contributed by atoms with Gasteiger partial charge in [0.2, 0.25) is 5.95 Å². The van der Waals surface area contributed by atoms with Gasteiger partial charge in [-0.05, 0) is 25.7 Å². The molecule has 0 amide bonds. The topological polar surface area (TPSA) is 111 Å². The molecule has 2 aromatic heterocycles. The van der Waals surface area contributed by atoms with Gasteiger partial charge in [-0.25, -0.2) is 4.79 Å². The fourth-order valence-electron chi connectivity index (χ4n) is 2.86. The summed E-state index contributed by atoms with van der Waals surface area (Å²) in [5.41, 5.74) is 6.82. The Bertz CT molecular complexity index is 717. The molecule has 1 fully saturated rings. The minimum Gasteiger partial charge on any atom is -0.382 e. The summed E-state index contributed by atoms with van der Waals surface area (Å²) >= 11 is 0. The number of nitrogens with one attached hydrogen (secondary N) is 2.